The zero-order valence-electron chi connectivity index (χ0n) is 14.9. The van der Waals surface area contributed by atoms with Crippen LogP contribution in [0.3, 0.4) is 0 Å². The van der Waals surface area contributed by atoms with Crippen molar-refractivity contribution in [2.24, 2.45) is 0 Å². The van der Waals surface area contributed by atoms with Crippen molar-refractivity contribution >= 4 is 0 Å². The standard InChI is InChI=1S/C20H24F3NO2/c1-24(17-5-3-2-4-6-17)12-19-15(13-25)11-18(26-19)14-7-9-16(10-8-14)20(21,22)23/h7-11,17,25H,2-6,12-13H2,1H3. The van der Waals surface area contributed by atoms with Crippen LogP contribution in [0.5, 0.6) is 0 Å². The van der Waals surface area contributed by atoms with Crippen LogP contribution in [0.1, 0.15) is 49.0 Å². The lowest BCUT2D eigenvalue weighted by Gasteiger charge is -2.30. The van der Waals surface area contributed by atoms with Gasteiger partial charge in [0, 0.05) is 17.2 Å². The predicted octanol–water partition coefficient (Wildman–Crippen LogP) is 5.22. The van der Waals surface area contributed by atoms with Gasteiger partial charge in [-0.15, -0.1) is 0 Å². The minimum Gasteiger partial charge on any atom is -0.459 e. The monoisotopic (exact) mass is 367 g/mol. The van der Waals surface area contributed by atoms with Gasteiger partial charge in [0.25, 0.3) is 0 Å². The molecule has 0 bridgehead atoms. The summed E-state index contributed by atoms with van der Waals surface area (Å²) < 4.78 is 44.0. The Morgan fingerprint density at radius 1 is 1.12 bits per heavy atom. The van der Waals surface area contributed by atoms with E-state index in [0.29, 0.717) is 35.2 Å². The number of benzene rings is 1. The molecule has 0 radical (unpaired) electrons. The third kappa shape index (κ3) is 4.30. The first-order valence-electron chi connectivity index (χ1n) is 8.99. The first-order chi connectivity index (χ1) is 12.4. The number of aliphatic hydroxyl groups excluding tert-OH is 1. The molecule has 1 fully saturated rings. The van der Waals surface area contributed by atoms with Crippen LogP contribution in [-0.2, 0) is 19.3 Å². The van der Waals surface area contributed by atoms with Crippen LogP contribution in [0, 0.1) is 0 Å². The lowest BCUT2D eigenvalue weighted by molar-refractivity contribution is -0.137. The molecule has 2 aromatic rings. The highest BCUT2D eigenvalue weighted by Gasteiger charge is 2.30. The molecule has 0 atom stereocenters. The SMILES string of the molecule is CN(Cc1oc(-c2ccc(C(F)(F)F)cc2)cc1CO)C1CCCCC1. The maximum absolute atomic E-state index is 12.7. The Kier molecular flexibility index (Phi) is 5.73. The van der Waals surface area contributed by atoms with E-state index in [4.69, 9.17) is 4.42 Å². The maximum Gasteiger partial charge on any atom is 0.416 e. The van der Waals surface area contributed by atoms with Gasteiger partial charge in [-0.3, -0.25) is 4.90 Å². The highest BCUT2D eigenvalue weighted by atomic mass is 19.4. The minimum absolute atomic E-state index is 0.155. The van der Waals surface area contributed by atoms with Crippen LogP contribution in [0.4, 0.5) is 13.2 Å². The second-order valence-corrected chi connectivity index (χ2v) is 7.00. The molecule has 1 N–H and O–H groups in total. The highest BCUT2D eigenvalue weighted by Crippen LogP contribution is 2.33. The zero-order valence-corrected chi connectivity index (χ0v) is 14.9. The van der Waals surface area contributed by atoms with Crippen molar-refractivity contribution in [3.05, 3.63) is 47.2 Å². The molecular weight excluding hydrogens is 343 g/mol. The second kappa shape index (κ2) is 7.84. The van der Waals surface area contributed by atoms with Crippen molar-refractivity contribution in [1.82, 2.24) is 4.90 Å². The number of aliphatic hydroxyl groups is 1. The molecular formula is C20H24F3NO2. The lowest BCUT2D eigenvalue weighted by atomic mass is 9.94. The molecule has 1 aromatic carbocycles. The smallest absolute Gasteiger partial charge is 0.416 e. The molecule has 0 spiro atoms. The fourth-order valence-corrected chi connectivity index (χ4v) is 3.58. The van der Waals surface area contributed by atoms with E-state index < -0.39 is 11.7 Å². The van der Waals surface area contributed by atoms with E-state index >= 15 is 0 Å². The first-order valence-corrected chi connectivity index (χ1v) is 8.99. The van der Waals surface area contributed by atoms with Gasteiger partial charge in [0.15, 0.2) is 0 Å². The summed E-state index contributed by atoms with van der Waals surface area (Å²) in [6.45, 7) is 0.430. The predicted molar refractivity (Wildman–Crippen MR) is 93.4 cm³/mol. The Labute approximate surface area is 151 Å². The van der Waals surface area contributed by atoms with Crippen LogP contribution < -0.4 is 0 Å². The van der Waals surface area contributed by atoms with E-state index in [1.807, 2.05) is 0 Å². The van der Waals surface area contributed by atoms with Crippen LogP contribution in [0.2, 0.25) is 0 Å². The van der Waals surface area contributed by atoms with E-state index in [9.17, 15) is 18.3 Å². The molecule has 0 unspecified atom stereocenters. The molecule has 0 saturated heterocycles. The third-order valence-electron chi connectivity index (χ3n) is 5.15. The van der Waals surface area contributed by atoms with Gasteiger partial charge in [0.1, 0.15) is 11.5 Å². The molecule has 1 saturated carbocycles. The summed E-state index contributed by atoms with van der Waals surface area (Å²) in [7, 11) is 2.05. The molecule has 1 aliphatic rings. The van der Waals surface area contributed by atoms with Gasteiger partial charge in [0.2, 0.25) is 0 Å². The molecule has 6 heteroatoms. The molecule has 0 amide bonds. The molecule has 26 heavy (non-hydrogen) atoms. The van der Waals surface area contributed by atoms with Gasteiger partial charge in [-0.1, -0.05) is 31.4 Å². The number of hydrogen-bond acceptors (Lipinski definition) is 3. The van der Waals surface area contributed by atoms with Crippen molar-refractivity contribution in [2.45, 2.75) is 57.5 Å². The van der Waals surface area contributed by atoms with Gasteiger partial charge in [0.05, 0.1) is 18.7 Å². The van der Waals surface area contributed by atoms with Gasteiger partial charge in [-0.25, -0.2) is 0 Å². The number of rotatable bonds is 5. The van der Waals surface area contributed by atoms with E-state index in [0.717, 1.165) is 25.0 Å². The van der Waals surface area contributed by atoms with Gasteiger partial charge < -0.3 is 9.52 Å². The molecule has 1 heterocycles. The van der Waals surface area contributed by atoms with Crippen LogP contribution in [-0.4, -0.2) is 23.1 Å². The summed E-state index contributed by atoms with van der Waals surface area (Å²) in [6.07, 6.45) is 1.72. The number of alkyl halides is 3. The minimum atomic E-state index is -4.36. The Hall–Kier alpha value is -1.79. The Bertz CT molecular complexity index is 716. The maximum atomic E-state index is 12.7. The fraction of sp³-hybridized carbons (Fsp3) is 0.500. The van der Waals surface area contributed by atoms with E-state index in [2.05, 4.69) is 11.9 Å². The summed E-state index contributed by atoms with van der Waals surface area (Å²) in [4.78, 5) is 2.24. The number of hydrogen-bond donors (Lipinski definition) is 1. The Balaban J connectivity index is 1.77. The molecule has 142 valence electrons. The van der Waals surface area contributed by atoms with Gasteiger partial charge in [-0.05, 0) is 38.1 Å². The molecule has 3 nitrogen and oxygen atoms in total. The molecule has 1 aromatic heterocycles. The molecule has 0 aliphatic heterocycles. The summed E-state index contributed by atoms with van der Waals surface area (Å²) in [5.74, 6) is 1.16. The number of furan rings is 1. The second-order valence-electron chi connectivity index (χ2n) is 7.00. The quantitative estimate of drug-likeness (QED) is 0.787. The van der Waals surface area contributed by atoms with Crippen molar-refractivity contribution < 1.29 is 22.7 Å². The summed E-state index contributed by atoms with van der Waals surface area (Å²) in [5.41, 5.74) is 0.564. The highest BCUT2D eigenvalue weighted by molar-refractivity contribution is 5.59. The van der Waals surface area contributed by atoms with Gasteiger partial charge in [-0.2, -0.15) is 13.2 Å². The normalized spacial score (nSPS) is 16.4. The average Bonchev–Trinajstić information content (AvgIpc) is 3.04. The zero-order chi connectivity index (χ0) is 18.7. The van der Waals surface area contributed by atoms with Crippen molar-refractivity contribution in [3.8, 4) is 11.3 Å². The fourth-order valence-electron chi connectivity index (χ4n) is 3.58. The van der Waals surface area contributed by atoms with Crippen molar-refractivity contribution in [2.75, 3.05) is 7.05 Å². The van der Waals surface area contributed by atoms with Crippen molar-refractivity contribution in [1.29, 1.82) is 0 Å². The summed E-state index contributed by atoms with van der Waals surface area (Å²) >= 11 is 0. The largest absolute Gasteiger partial charge is 0.459 e. The van der Waals surface area contributed by atoms with E-state index in [-0.39, 0.29) is 6.61 Å². The summed E-state index contributed by atoms with van der Waals surface area (Å²) in [6, 6.07) is 7.12. The molecule has 3 rings (SSSR count). The summed E-state index contributed by atoms with van der Waals surface area (Å²) in [5, 5.41) is 9.63. The topological polar surface area (TPSA) is 36.6 Å². The number of nitrogens with zero attached hydrogens (tertiary/aromatic N) is 1. The number of halogens is 3. The van der Waals surface area contributed by atoms with Crippen LogP contribution >= 0.6 is 0 Å². The molecule has 1 aliphatic carbocycles. The van der Waals surface area contributed by atoms with Crippen LogP contribution in [0.15, 0.2) is 34.7 Å². The Morgan fingerprint density at radius 3 is 2.35 bits per heavy atom. The first kappa shape index (κ1) is 19.0. The van der Waals surface area contributed by atoms with E-state index in [1.54, 1.807) is 6.07 Å². The van der Waals surface area contributed by atoms with E-state index in [1.165, 1.54) is 31.4 Å². The lowest BCUT2D eigenvalue weighted by Crippen LogP contribution is -2.33. The van der Waals surface area contributed by atoms with Gasteiger partial charge >= 0.3 is 6.18 Å². The third-order valence-corrected chi connectivity index (χ3v) is 5.15. The average molecular weight is 367 g/mol. The Morgan fingerprint density at radius 2 is 1.77 bits per heavy atom. The van der Waals surface area contributed by atoms with Crippen molar-refractivity contribution in [3.63, 3.8) is 0 Å². The van der Waals surface area contributed by atoms with Crippen LogP contribution in [0.25, 0.3) is 11.3 Å².